The fourth-order valence-electron chi connectivity index (χ4n) is 0.0962. The highest BCUT2D eigenvalue weighted by atomic mass is 32.2. The molecule has 0 saturated carbocycles. The number of methoxy groups -OCH3 is 1. The number of ether oxygens (including phenoxy) is 1. The first-order chi connectivity index (χ1) is 2.41. The molecule has 0 unspecified atom stereocenters. The van der Waals surface area contributed by atoms with Crippen molar-refractivity contribution in [2.24, 2.45) is 0 Å². The van der Waals surface area contributed by atoms with Crippen molar-refractivity contribution in [1.29, 1.82) is 0 Å². The summed E-state index contributed by atoms with van der Waals surface area (Å²) < 4.78 is 4.53. The van der Waals surface area contributed by atoms with Gasteiger partial charge in [-0.25, -0.2) is 0 Å². The second kappa shape index (κ2) is 4.31. The largest absolute Gasteiger partial charge is 0.367 e. The SMILES string of the molecule is CO[CH]SC. The molecule has 0 N–H and O–H groups in total. The predicted molar refractivity (Wildman–Crippen MR) is 24.8 cm³/mol. The van der Waals surface area contributed by atoms with Gasteiger partial charge in [0, 0.05) is 7.11 Å². The Morgan fingerprint density at radius 3 is 2.40 bits per heavy atom. The highest BCUT2D eigenvalue weighted by Gasteiger charge is 1.67. The summed E-state index contributed by atoms with van der Waals surface area (Å²) in [4.78, 5) is 0. The Kier molecular flexibility index (Phi) is 4.58. The van der Waals surface area contributed by atoms with Crippen LogP contribution in [0, 0.1) is 5.94 Å². The van der Waals surface area contributed by atoms with Crippen LogP contribution in [0.15, 0.2) is 0 Å². The van der Waals surface area contributed by atoms with Crippen molar-refractivity contribution < 1.29 is 4.74 Å². The van der Waals surface area contributed by atoms with E-state index in [1.54, 1.807) is 24.8 Å². The van der Waals surface area contributed by atoms with Crippen molar-refractivity contribution in [3.8, 4) is 0 Å². The lowest BCUT2D eigenvalue weighted by atomic mass is 11.5. The van der Waals surface area contributed by atoms with Gasteiger partial charge in [-0.2, -0.15) is 0 Å². The fraction of sp³-hybridized carbons (Fsp3) is 0.667. The quantitative estimate of drug-likeness (QED) is 0.503. The molecule has 0 aliphatic heterocycles. The zero-order chi connectivity index (χ0) is 4.12. The number of hydrogen-bond donors (Lipinski definition) is 0. The third kappa shape index (κ3) is 4.31. The summed E-state index contributed by atoms with van der Waals surface area (Å²) in [6.45, 7) is 0. The van der Waals surface area contributed by atoms with E-state index in [2.05, 4.69) is 4.74 Å². The number of hydrogen-bond acceptors (Lipinski definition) is 2. The Hall–Kier alpha value is 0.310. The molecule has 0 atom stereocenters. The summed E-state index contributed by atoms with van der Waals surface area (Å²) in [5.74, 6) is 1.67. The first-order valence-electron chi connectivity index (χ1n) is 1.29. The summed E-state index contributed by atoms with van der Waals surface area (Å²) in [6.07, 6.45) is 1.95. The number of thioether (sulfide) groups is 1. The smallest absolute Gasteiger partial charge is 0.138 e. The van der Waals surface area contributed by atoms with Gasteiger partial charge in [-0.1, -0.05) is 0 Å². The minimum Gasteiger partial charge on any atom is -0.367 e. The predicted octanol–water partition coefficient (Wildman–Crippen LogP) is 1.12. The second-order valence-corrected chi connectivity index (χ2v) is 1.23. The third-order valence-corrected chi connectivity index (χ3v) is 0.577. The monoisotopic (exact) mass is 91.0 g/mol. The van der Waals surface area contributed by atoms with E-state index >= 15 is 0 Å². The van der Waals surface area contributed by atoms with Crippen molar-refractivity contribution in [1.82, 2.24) is 0 Å². The van der Waals surface area contributed by atoms with Crippen LogP contribution in [-0.4, -0.2) is 13.4 Å². The van der Waals surface area contributed by atoms with E-state index in [1.807, 2.05) is 6.26 Å². The van der Waals surface area contributed by atoms with Gasteiger partial charge in [0.15, 0.2) is 0 Å². The van der Waals surface area contributed by atoms with Gasteiger partial charge < -0.3 is 4.74 Å². The molecule has 31 valence electrons. The Labute approximate surface area is 36.7 Å². The van der Waals surface area contributed by atoms with E-state index in [0.29, 0.717) is 0 Å². The standard InChI is InChI=1S/C3H7OS/c1-4-3-5-2/h3H,1-2H3. The molecule has 0 fully saturated rings. The van der Waals surface area contributed by atoms with Crippen molar-refractivity contribution in [3.05, 3.63) is 5.94 Å². The van der Waals surface area contributed by atoms with Crippen molar-refractivity contribution in [2.75, 3.05) is 13.4 Å². The van der Waals surface area contributed by atoms with E-state index < -0.39 is 0 Å². The van der Waals surface area contributed by atoms with Crippen LogP contribution in [0.1, 0.15) is 0 Å². The van der Waals surface area contributed by atoms with Gasteiger partial charge in [-0.05, 0) is 6.26 Å². The maximum Gasteiger partial charge on any atom is 0.138 e. The summed E-state index contributed by atoms with van der Waals surface area (Å²) in [5, 5.41) is 0. The van der Waals surface area contributed by atoms with Gasteiger partial charge in [-0.15, -0.1) is 11.8 Å². The van der Waals surface area contributed by atoms with Gasteiger partial charge in [0.25, 0.3) is 0 Å². The first kappa shape index (κ1) is 5.31. The van der Waals surface area contributed by atoms with Gasteiger partial charge in [-0.3, -0.25) is 0 Å². The third-order valence-electron chi connectivity index (χ3n) is 0.192. The molecule has 0 bridgehead atoms. The van der Waals surface area contributed by atoms with Crippen molar-refractivity contribution >= 4 is 11.8 Å². The zero-order valence-corrected chi connectivity index (χ0v) is 4.21. The van der Waals surface area contributed by atoms with Crippen LogP contribution >= 0.6 is 11.8 Å². The minimum atomic E-state index is 1.55. The van der Waals surface area contributed by atoms with Gasteiger partial charge in [0.2, 0.25) is 0 Å². The Morgan fingerprint density at radius 1 is 1.80 bits per heavy atom. The van der Waals surface area contributed by atoms with E-state index in [1.165, 1.54) is 0 Å². The molecule has 2 heteroatoms. The normalized spacial score (nSPS) is 8.40. The molecule has 5 heavy (non-hydrogen) atoms. The van der Waals surface area contributed by atoms with Crippen LogP contribution in [0.2, 0.25) is 0 Å². The average Bonchev–Trinajstić information content (AvgIpc) is 1.41. The molecule has 0 aliphatic carbocycles. The van der Waals surface area contributed by atoms with Gasteiger partial charge >= 0.3 is 0 Å². The van der Waals surface area contributed by atoms with Crippen LogP contribution < -0.4 is 0 Å². The number of rotatable bonds is 2. The molecule has 0 aromatic heterocycles. The highest BCUT2D eigenvalue weighted by molar-refractivity contribution is 8.00. The summed E-state index contributed by atoms with van der Waals surface area (Å²) >= 11 is 1.55. The van der Waals surface area contributed by atoms with Crippen LogP contribution in [0.4, 0.5) is 0 Å². The molecule has 1 radical (unpaired) electrons. The minimum absolute atomic E-state index is 1.55. The molecule has 0 aromatic rings. The van der Waals surface area contributed by atoms with Crippen molar-refractivity contribution in [3.63, 3.8) is 0 Å². The van der Waals surface area contributed by atoms with Crippen LogP contribution in [0.25, 0.3) is 0 Å². The fourth-order valence-corrected chi connectivity index (χ4v) is 0.289. The maximum atomic E-state index is 4.53. The van der Waals surface area contributed by atoms with Crippen LogP contribution in [0.3, 0.4) is 0 Å². The summed E-state index contributed by atoms with van der Waals surface area (Å²) in [6, 6.07) is 0. The molecule has 1 nitrogen and oxygen atoms in total. The van der Waals surface area contributed by atoms with Gasteiger partial charge in [0.05, 0.1) is 0 Å². The molecule has 0 spiro atoms. The highest BCUT2D eigenvalue weighted by Crippen LogP contribution is 1.94. The molecule has 0 saturated heterocycles. The first-order valence-corrected chi connectivity index (χ1v) is 2.58. The maximum absolute atomic E-state index is 4.53. The van der Waals surface area contributed by atoms with E-state index in [9.17, 15) is 0 Å². The van der Waals surface area contributed by atoms with E-state index in [-0.39, 0.29) is 0 Å². The lowest BCUT2D eigenvalue weighted by Crippen LogP contribution is -1.65. The van der Waals surface area contributed by atoms with E-state index in [0.717, 1.165) is 0 Å². The Morgan fingerprint density at radius 2 is 2.40 bits per heavy atom. The molecule has 0 rings (SSSR count). The Bertz CT molecular complexity index is 14.4. The molecular weight excluding hydrogens is 84.1 g/mol. The molecule has 0 aliphatic rings. The zero-order valence-electron chi connectivity index (χ0n) is 3.39. The average molecular weight is 91.2 g/mol. The second-order valence-electron chi connectivity index (χ2n) is 0.568. The molecule has 0 amide bonds. The summed E-state index contributed by atoms with van der Waals surface area (Å²) in [5.41, 5.74) is 0. The lowest BCUT2D eigenvalue weighted by molar-refractivity contribution is 0.316. The lowest BCUT2D eigenvalue weighted by Gasteiger charge is -1.82. The van der Waals surface area contributed by atoms with Crippen LogP contribution in [0.5, 0.6) is 0 Å². The molecule has 0 aromatic carbocycles. The van der Waals surface area contributed by atoms with E-state index in [4.69, 9.17) is 0 Å². The summed E-state index contributed by atoms with van der Waals surface area (Å²) in [7, 11) is 1.64. The molecule has 0 heterocycles. The van der Waals surface area contributed by atoms with Gasteiger partial charge in [0.1, 0.15) is 5.94 Å². The molecular formula is C3H7OS. The Balaban J connectivity index is 2.19. The topological polar surface area (TPSA) is 9.23 Å². The van der Waals surface area contributed by atoms with Crippen molar-refractivity contribution in [2.45, 2.75) is 0 Å². The van der Waals surface area contributed by atoms with Crippen LogP contribution in [-0.2, 0) is 4.74 Å².